The molecule has 0 saturated heterocycles. The molecule has 7 heteroatoms. The molecule has 1 aliphatic heterocycles. The van der Waals surface area contributed by atoms with Gasteiger partial charge in [-0.15, -0.1) is 0 Å². The van der Waals surface area contributed by atoms with Gasteiger partial charge in [0.15, 0.2) is 0 Å². The molecule has 0 fully saturated rings. The summed E-state index contributed by atoms with van der Waals surface area (Å²) in [6.07, 6.45) is 0. The Morgan fingerprint density at radius 3 is 2.65 bits per heavy atom. The molecule has 1 aliphatic rings. The number of hydrogen-bond donors (Lipinski definition) is 1. The minimum absolute atomic E-state index is 0.00192. The van der Waals surface area contributed by atoms with Crippen molar-refractivity contribution in [1.82, 2.24) is 5.32 Å². The number of thioether (sulfide) groups is 1. The van der Waals surface area contributed by atoms with Gasteiger partial charge in [-0.25, -0.2) is 0 Å². The van der Waals surface area contributed by atoms with E-state index in [0.29, 0.717) is 10.6 Å². The fraction of sp³-hybridized carbons (Fsp3) is 0.538. The molecular weight excluding hydrogens is 278 g/mol. The summed E-state index contributed by atoms with van der Waals surface area (Å²) in [4.78, 5) is 23.2. The van der Waals surface area contributed by atoms with Gasteiger partial charge >= 0.3 is 5.97 Å². The third-order valence-corrected chi connectivity index (χ3v) is 3.95. The maximum Gasteiger partial charge on any atom is 0.316 e. The van der Waals surface area contributed by atoms with Crippen molar-refractivity contribution in [2.24, 2.45) is 11.3 Å². The molecule has 0 aromatic carbocycles. The molecular formula is C13H15N3O3S. The zero-order chi connectivity index (χ0) is 15.3. The lowest BCUT2D eigenvalue weighted by molar-refractivity contribution is -0.139. The molecule has 1 heterocycles. The SMILES string of the molecule is CCOC(=O)CSC1=C(C#N)C(C)(C)C(C#N)C(=O)N1. The molecule has 106 valence electrons. The van der Waals surface area contributed by atoms with Crippen LogP contribution in [0.3, 0.4) is 0 Å². The van der Waals surface area contributed by atoms with E-state index in [-0.39, 0.29) is 12.4 Å². The van der Waals surface area contributed by atoms with Gasteiger partial charge in [-0.1, -0.05) is 25.6 Å². The van der Waals surface area contributed by atoms with Crippen LogP contribution in [0.1, 0.15) is 20.8 Å². The number of allylic oxidation sites excluding steroid dienone is 1. The Bertz CT molecular complexity index is 540. The predicted molar refractivity (Wildman–Crippen MR) is 72.8 cm³/mol. The summed E-state index contributed by atoms with van der Waals surface area (Å²) < 4.78 is 4.79. The van der Waals surface area contributed by atoms with Crippen LogP contribution in [0.25, 0.3) is 0 Å². The number of amides is 1. The highest BCUT2D eigenvalue weighted by molar-refractivity contribution is 8.03. The molecule has 0 radical (unpaired) electrons. The van der Waals surface area contributed by atoms with Crippen LogP contribution in [0.2, 0.25) is 0 Å². The lowest BCUT2D eigenvalue weighted by Crippen LogP contribution is -2.44. The van der Waals surface area contributed by atoms with Gasteiger partial charge < -0.3 is 10.1 Å². The van der Waals surface area contributed by atoms with Crippen LogP contribution in [-0.2, 0) is 14.3 Å². The summed E-state index contributed by atoms with van der Waals surface area (Å²) in [5.74, 6) is -1.80. The number of nitrogens with zero attached hydrogens (tertiary/aromatic N) is 2. The van der Waals surface area contributed by atoms with Crippen molar-refractivity contribution in [3.05, 3.63) is 10.6 Å². The normalized spacial score (nSPS) is 20.6. The Kier molecular flexibility index (Phi) is 5.18. The number of esters is 1. The number of nitriles is 2. The molecule has 0 saturated carbocycles. The quantitative estimate of drug-likeness (QED) is 0.784. The van der Waals surface area contributed by atoms with Crippen LogP contribution in [0.5, 0.6) is 0 Å². The van der Waals surface area contributed by atoms with Gasteiger partial charge in [0.25, 0.3) is 0 Å². The molecule has 1 unspecified atom stereocenters. The Balaban J connectivity index is 3.02. The van der Waals surface area contributed by atoms with Crippen molar-refractivity contribution >= 4 is 23.6 Å². The first-order valence-corrected chi connectivity index (χ1v) is 7.00. The van der Waals surface area contributed by atoms with Gasteiger partial charge in [0.1, 0.15) is 5.92 Å². The molecule has 0 bridgehead atoms. The molecule has 0 aromatic heterocycles. The lowest BCUT2D eigenvalue weighted by Gasteiger charge is -2.34. The zero-order valence-electron chi connectivity index (χ0n) is 11.5. The van der Waals surface area contributed by atoms with Crippen molar-refractivity contribution in [1.29, 1.82) is 10.5 Å². The second-order valence-electron chi connectivity index (χ2n) is 4.68. The minimum Gasteiger partial charge on any atom is -0.465 e. The second-order valence-corrected chi connectivity index (χ2v) is 5.67. The molecule has 0 aromatic rings. The van der Waals surface area contributed by atoms with Crippen molar-refractivity contribution in [3.8, 4) is 12.1 Å². The summed E-state index contributed by atoms with van der Waals surface area (Å²) in [6.45, 7) is 5.32. The summed E-state index contributed by atoms with van der Waals surface area (Å²) in [5.41, 5.74) is -0.582. The van der Waals surface area contributed by atoms with Crippen molar-refractivity contribution in [2.45, 2.75) is 20.8 Å². The van der Waals surface area contributed by atoms with E-state index in [1.54, 1.807) is 20.8 Å². The molecule has 1 atom stereocenters. The average molecular weight is 293 g/mol. The van der Waals surface area contributed by atoms with Crippen LogP contribution in [0, 0.1) is 34.0 Å². The van der Waals surface area contributed by atoms with E-state index >= 15 is 0 Å². The van der Waals surface area contributed by atoms with Crippen molar-refractivity contribution in [2.75, 3.05) is 12.4 Å². The van der Waals surface area contributed by atoms with E-state index in [1.807, 2.05) is 12.1 Å². The van der Waals surface area contributed by atoms with Gasteiger partial charge in [-0.2, -0.15) is 10.5 Å². The summed E-state index contributed by atoms with van der Waals surface area (Å²) in [7, 11) is 0. The Morgan fingerprint density at radius 2 is 2.15 bits per heavy atom. The van der Waals surface area contributed by atoms with Crippen molar-refractivity contribution < 1.29 is 14.3 Å². The molecule has 1 rings (SSSR count). The van der Waals surface area contributed by atoms with Gasteiger partial charge in [0.2, 0.25) is 5.91 Å². The maximum atomic E-state index is 11.9. The van der Waals surface area contributed by atoms with Gasteiger partial charge in [-0.3, -0.25) is 9.59 Å². The van der Waals surface area contributed by atoms with E-state index in [4.69, 9.17) is 10.00 Å². The van der Waals surface area contributed by atoms with Crippen molar-refractivity contribution in [3.63, 3.8) is 0 Å². The highest BCUT2D eigenvalue weighted by atomic mass is 32.2. The van der Waals surface area contributed by atoms with Gasteiger partial charge in [-0.05, 0) is 6.92 Å². The largest absolute Gasteiger partial charge is 0.465 e. The number of carbonyl (C=O) groups excluding carboxylic acids is 2. The number of carbonyl (C=O) groups is 2. The third-order valence-electron chi connectivity index (χ3n) is 2.97. The Hall–Kier alpha value is -1.99. The number of rotatable bonds is 4. The fourth-order valence-electron chi connectivity index (χ4n) is 1.87. The highest BCUT2D eigenvalue weighted by Gasteiger charge is 2.44. The molecule has 1 amide bonds. The standard InChI is InChI=1S/C13H15N3O3S/c1-4-19-10(17)7-20-12-9(6-15)13(2,3)8(5-14)11(18)16-12/h8H,4,7H2,1-3H3,(H,16,18). The minimum atomic E-state index is -0.927. The maximum absolute atomic E-state index is 11.9. The molecule has 0 aliphatic carbocycles. The topological polar surface area (TPSA) is 103 Å². The number of hydrogen-bond acceptors (Lipinski definition) is 6. The molecule has 20 heavy (non-hydrogen) atoms. The zero-order valence-corrected chi connectivity index (χ0v) is 12.3. The van der Waals surface area contributed by atoms with Crippen LogP contribution in [0.4, 0.5) is 0 Å². The molecule has 6 nitrogen and oxygen atoms in total. The van der Waals surface area contributed by atoms with E-state index < -0.39 is 23.2 Å². The average Bonchev–Trinajstić information content (AvgIpc) is 2.36. The lowest BCUT2D eigenvalue weighted by atomic mass is 9.72. The molecule has 0 spiro atoms. The Morgan fingerprint density at radius 1 is 1.50 bits per heavy atom. The van der Waals surface area contributed by atoms with E-state index in [0.717, 1.165) is 11.8 Å². The summed E-state index contributed by atoms with van der Waals surface area (Å²) in [5, 5.41) is 21.2. The second kappa shape index (κ2) is 6.44. The summed E-state index contributed by atoms with van der Waals surface area (Å²) in [6, 6.07) is 3.94. The first-order valence-electron chi connectivity index (χ1n) is 6.02. The Labute approximate surface area is 121 Å². The number of nitrogens with one attached hydrogen (secondary N) is 1. The fourth-order valence-corrected chi connectivity index (χ4v) is 2.84. The third kappa shape index (κ3) is 3.12. The van der Waals surface area contributed by atoms with Gasteiger partial charge in [0, 0.05) is 5.41 Å². The van der Waals surface area contributed by atoms with Crippen LogP contribution < -0.4 is 5.32 Å². The number of ether oxygens (including phenoxy) is 1. The van der Waals surface area contributed by atoms with Crippen LogP contribution in [0.15, 0.2) is 10.6 Å². The van der Waals surface area contributed by atoms with E-state index in [1.165, 1.54) is 0 Å². The molecule has 1 N–H and O–H groups in total. The predicted octanol–water partition coefficient (Wildman–Crippen LogP) is 1.31. The van der Waals surface area contributed by atoms with Crippen LogP contribution >= 0.6 is 11.8 Å². The monoisotopic (exact) mass is 293 g/mol. The first-order chi connectivity index (χ1) is 9.38. The van der Waals surface area contributed by atoms with Gasteiger partial charge in [0.05, 0.1) is 35.1 Å². The first kappa shape index (κ1) is 16.1. The highest BCUT2D eigenvalue weighted by Crippen LogP contribution is 2.41. The van der Waals surface area contributed by atoms with E-state index in [9.17, 15) is 14.9 Å². The van der Waals surface area contributed by atoms with Crippen LogP contribution in [-0.4, -0.2) is 24.2 Å². The summed E-state index contributed by atoms with van der Waals surface area (Å²) >= 11 is 1.04. The van der Waals surface area contributed by atoms with E-state index in [2.05, 4.69) is 5.32 Å². The smallest absolute Gasteiger partial charge is 0.316 e.